The van der Waals surface area contributed by atoms with Gasteiger partial charge in [0.15, 0.2) is 0 Å². The van der Waals surface area contributed by atoms with Crippen molar-refractivity contribution >= 4 is 35.8 Å². The van der Waals surface area contributed by atoms with Crippen molar-refractivity contribution in [2.75, 3.05) is 0 Å². The Morgan fingerprint density at radius 1 is 0.515 bits per heavy atom. The zero-order valence-electron chi connectivity index (χ0n) is 17.4. The molecule has 0 atom stereocenters. The molecule has 2 aromatic rings. The quantitative estimate of drug-likeness (QED) is 0.485. The van der Waals surface area contributed by atoms with E-state index in [1.54, 1.807) is 18.2 Å². The molecule has 0 bridgehead atoms. The van der Waals surface area contributed by atoms with Crippen molar-refractivity contribution in [1.82, 2.24) is 0 Å². The van der Waals surface area contributed by atoms with Crippen LogP contribution in [0.1, 0.15) is 51.8 Å². The average molecular weight is 460 g/mol. The smallest absolute Gasteiger partial charge is 0.248 e. The van der Waals surface area contributed by atoms with Gasteiger partial charge in [-0.25, -0.2) is 58.1 Å². The monoisotopic (exact) mass is 460 g/mol. The lowest BCUT2D eigenvalue weighted by molar-refractivity contribution is -0.232. The molecule has 0 aliphatic heterocycles. The van der Waals surface area contributed by atoms with E-state index in [0.29, 0.717) is 0 Å². The second kappa shape index (κ2) is 11.0. The number of carbonyl (C=O) groups is 6. The van der Waals surface area contributed by atoms with Gasteiger partial charge in [-0.3, -0.25) is 0 Å². The number of benzene rings is 2. The second-order valence-electron chi connectivity index (χ2n) is 6.11. The summed E-state index contributed by atoms with van der Waals surface area (Å²) in [5.74, 6) is -6.76. The van der Waals surface area contributed by atoms with E-state index in [1.165, 1.54) is 12.1 Å². The van der Waals surface area contributed by atoms with Crippen molar-refractivity contribution in [1.29, 1.82) is 0 Å². The number of carbonyl (C=O) groups excluding carboxylic acids is 6. The van der Waals surface area contributed by atoms with Crippen molar-refractivity contribution in [3.8, 4) is 11.1 Å². The zero-order chi connectivity index (χ0) is 24.5. The first-order valence-corrected chi connectivity index (χ1v) is 9.02. The fourth-order valence-corrected chi connectivity index (χ4v) is 2.48. The van der Waals surface area contributed by atoms with Gasteiger partial charge in [0, 0.05) is 26.3 Å². The Hall–Kier alpha value is -4.74. The molecule has 0 radical (unpaired) electrons. The summed E-state index contributed by atoms with van der Waals surface area (Å²) >= 11 is 0. The van der Waals surface area contributed by atoms with E-state index in [2.05, 4.69) is 29.3 Å². The lowest BCUT2D eigenvalue weighted by Crippen LogP contribution is -2.20. The van der Waals surface area contributed by atoms with Crippen LogP contribution in [0.3, 0.4) is 0 Å². The lowest BCUT2D eigenvalue weighted by atomic mass is 9.90. The van der Waals surface area contributed by atoms with Gasteiger partial charge < -0.3 is 0 Å². The largest absolute Gasteiger partial charge is 0.387 e. The summed E-state index contributed by atoms with van der Waals surface area (Å²) in [6.07, 6.45) is 0. The molecule has 172 valence electrons. The van der Waals surface area contributed by atoms with Gasteiger partial charge in [0.05, 0.1) is 16.7 Å². The van der Waals surface area contributed by atoms with Crippen LogP contribution in [-0.2, 0) is 43.7 Å². The third-order valence-corrected chi connectivity index (χ3v) is 3.62. The minimum Gasteiger partial charge on any atom is -0.248 e. The minimum absolute atomic E-state index is 0.212. The maximum absolute atomic E-state index is 12.8. The number of hydrogen-bond acceptors (Lipinski definition) is 12. The maximum Gasteiger partial charge on any atom is 0.387 e. The first kappa shape index (κ1) is 24.5. The first-order chi connectivity index (χ1) is 15.6. The molecule has 0 aromatic heterocycles. The molecule has 33 heavy (non-hydrogen) atoms. The Morgan fingerprint density at radius 2 is 0.939 bits per heavy atom. The molecule has 0 unspecified atom stereocenters. The van der Waals surface area contributed by atoms with E-state index in [9.17, 15) is 28.8 Å². The first-order valence-electron chi connectivity index (χ1n) is 9.02. The predicted molar refractivity (Wildman–Crippen MR) is 103 cm³/mol. The highest BCUT2D eigenvalue weighted by atomic mass is 17.2. The van der Waals surface area contributed by atoms with Gasteiger partial charge in [0.2, 0.25) is 0 Å². The van der Waals surface area contributed by atoms with Crippen molar-refractivity contribution in [2.45, 2.75) is 20.8 Å². The Balaban J connectivity index is 2.73. The van der Waals surface area contributed by atoms with E-state index in [4.69, 9.17) is 0 Å². The summed E-state index contributed by atoms with van der Waals surface area (Å²) in [5, 5.41) is 0. The molecular formula is C21H16O12. The summed E-state index contributed by atoms with van der Waals surface area (Å²) in [6, 6.07) is 9.73. The SMILES string of the molecule is CC(=O)OOC(=O)c1ccc(C(=O)OOC(C)=O)c(-c2ccccc2)c1C(=O)OOC(C)=O. The van der Waals surface area contributed by atoms with Crippen LogP contribution in [0, 0.1) is 0 Å². The summed E-state index contributed by atoms with van der Waals surface area (Å²) in [7, 11) is 0. The van der Waals surface area contributed by atoms with Crippen LogP contribution in [0.2, 0.25) is 0 Å². The van der Waals surface area contributed by atoms with E-state index in [-0.39, 0.29) is 16.7 Å². The van der Waals surface area contributed by atoms with Gasteiger partial charge in [-0.05, 0) is 17.7 Å². The third kappa shape index (κ3) is 6.62. The van der Waals surface area contributed by atoms with Crippen molar-refractivity contribution in [3.05, 3.63) is 59.2 Å². The van der Waals surface area contributed by atoms with Gasteiger partial charge in [-0.2, -0.15) is 0 Å². The molecule has 0 fully saturated rings. The molecule has 2 rings (SSSR count). The second-order valence-corrected chi connectivity index (χ2v) is 6.11. The predicted octanol–water partition coefficient (Wildman–Crippen LogP) is 2.26. The van der Waals surface area contributed by atoms with Gasteiger partial charge >= 0.3 is 35.8 Å². The highest BCUT2D eigenvalue weighted by molar-refractivity contribution is 6.12. The van der Waals surface area contributed by atoms with E-state index in [0.717, 1.165) is 32.9 Å². The highest BCUT2D eigenvalue weighted by Gasteiger charge is 2.31. The van der Waals surface area contributed by atoms with E-state index in [1.807, 2.05) is 0 Å². The normalized spacial score (nSPS) is 9.79. The molecule has 12 heteroatoms. The van der Waals surface area contributed by atoms with Crippen LogP contribution >= 0.6 is 0 Å². The molecule has 0 saturated carbocycles. The van der Waals surface area contributed by atoms with Crippen molar-refractivity contribution in [3.63, 3.8) is 0 Å². The molecule has 0 heterocycles. The van der Waals surface area contributed by atoms with Crippen LogP contribution in [-0.4, -0.2) is 35.8 Å². The standard InChI is InChI=1S/C21H16O12/c1-11(22)28-31-19(25)15-9-10-16(20(26)32-29-12(2)23)18(21(27)33-30-13(3)24)17(15)14-7-5-4-6-8-14/h4-10H,1-3H3. The molecule has 0 N–H and O–H groups in total. The molecule has 0 aliphatic rings. The van der Waals surface area contributed by atoms with Crippen molar-refractivity contribution < 1.29 is 58.1 Å². The van der Waals surface area contributed by atoms with Crippen LogP contribution < -0.4 is 0 Å². The van der Waals surface area contributed by atoms with Crippen LogP contribution in [0.15, 0.2) is 42.5 Å². The highest BCUT2D eigenvalue weighted by Crippen LogP contribution is 2.32. The van der Waals surface area contributed by atoms with Gasteiger partial charge in [-0.1, -0.05) is 30.3 Å². The molecule has 0 saturated heterocycles. The molecule has 0 amide bonds. The Labute approximate surface area is 185 Å². The lowest BCUT2D eigenvalue weighted by Gasteiger charge is -2.15. The summed E-state index contributed by atoms with van der Waals surface area (Å²) in [5.41, 5.74) is -1.46. The van der Waals surface area contributed by atoms with E-state index >= 15 is 0 Å². The fraction of sp³-hybridized carbons (Fsp3) is 0.143. The van der Waals surface area contributed by atoms with E-state index < -0.39 is 46.9 Å². The number of rotatable bonds is 4. The minimum atomic E-state index is -1.37. The molecule has 0 aliphatic carbocycles. The Kier molecular flexibility index (Phi) is 8.21. The molecule has 12 nitrogen and oxygen atoms in total. The Bertz CT molecular complexity index is 1100. The summed E-state index contributed by atoms with van der Waals surface area (Å²) in [4.78, 5) is 96.9. The van der Waals surface area contributed by atoms with Crippen molar-refractivity contribution in [2.24, 2.45) is 0 Å². The molecule has 2 aromatic carbocycles. The molecular weight excluding hydrogens is 444 g/mol. The summed E-state index contributed by atoms with van der Waals surface area (Å²) < 4.78 is 0. The van der Waals surface area contributed by atoms with Gasteiger partial charge in [0.1, 0.15) is 0 Å². The van der Waals surface area contributed by atoms with Crippen LogP contribution in [0.25, 0.3) is 11.1 Å². The zero-order valence-corrected chi connectivity index (χ0v) is 17.4. The third-order valence-electron chi connectivity index (χ3n) is 3.62. The molecule has 0 spiro atoms. The van der Waals surface area contributed by atoms with Crippen LogP contribution in [0.5, 0.6) is 0 Å². The number of hydrogen-bond donors (Lipinski definition) is 0. The topological polar surface area (TPSA) is 158 Å². The maximum atomic E-state index is 12.8. The Morgan fingerprint density at radius 3 is 1.42 bits per heavy atom. The fourth-order valence-electron chi connectivity index (χ4n) is 2.48. The van der Waals surface area contributed by atoms with Gasteiger partial charge in [0.25, 0.3) is 0 Å². The average Bonchev–Trinajstić information content (AvgIpc) is 2.78. The van der Waals surface area contributed by atoms with Gasteiger partial charge in [-0.15, -0.1) is 0 Å². The summed E-state index contributed by atoms with van der Waals surface area (Å²) in [6.45, 7) is 2.90. The van der Waals surface area contributed by atoms with Crippen LogP contribution in [0.4, 0.5) is 0 Å².